The Morgan fingerprint density at radius 1 is 1.23 bits per heavy atom. The second kappa shape index (κ2) is 9.39. The van der Waals surface area contributed by atoms with Gasteiger partial charge in [-0.05, 0) is 30.3 Å². The molecule has 3 rings (SSSR count). The Morgan fingerprint density at radius 2 is 1.93 bits per heavy atom. The highest BCUT2D eigenvalue weighted by Gasteiger charge is 2.31. The summed E-state index contributed by atoms with van der Waals surface area (Å²) >= 11 is 1.26. The summed E-state index contributed by atoms with van der Waals surface area (Å²) in [6.45, 7) is 3.78. The third-order valence-electron chi connectivity index (χ3n) is 3.58. The molecule has 0 aliphatic heterocycles. The lowest BCUT2D eigenvalue weighted by Crippen LogP contribution is -2.25. The van der Waals surface area contributed by atoms with Crippen LogP contribution in [0, 0.1) is 0 Å². The third kappa shape index (κ3) is 5.56. The van der Waals surface area contributed by atoms with Crippen molar-refractivity contribution >= 4 is 17.7 Å². The van der Waals surface area contributed by atoms with Crippen LogP contribution < -0.4 is 10.1 Å². The van der Waals surface area contributed by atoms with Gasteiger partial charge < -0.3 is 10.1 Å². The molecule has 2 heterocycles. The number of alkyl halides is 3. The number of nitrogens with zero attached hydrogens (tertiary/aromatic N) is 5. The summed E-state index contributed by atoms with van der Waals surface area (Å²) in [5.74, 6) is -0.582. The molecule has 0 bridgehead atoms. The maximum absolute atomic E-state index is 12.4. The molecule has 3 aromatic rings. The van der Waals surface area contributed by atoms with Crippen LogP contribution in [0.2, 0.25) is 0 Å². The number of halogens is 3. The van der Waals surface area contributed by atoms with Gasteiger partial charge in [-0.3, -0.25) is 4.79 Å². The molecular formula is C18H15F3N6O2S. The first-order valence-corrected chi connectivity index (χ1v) is 9.45. The van der Waals surface area contributed by atoms with Crippen molar-refractivity contribution in [3.63, 3.8) is 0 Å². The van der Waals surface area contributed by atoms with Gasteiger partial charge in [-0.1, -0.05) is 23.1 Å². The van der Waals surface area contributed by atoms with Gasteiger partial charge in [-0.2, -0.15) is 0 Å². The van der Waals surface area contributed by atoms with Gasteiger partial charge in [0.05, 0.1) is 11.4 Å². The maximum atomic E-state index is 12.4. The Bertz CT molecular complexity index is 1010. The summed E-state index contributed by atoms with van der Waals surface area (Å²) in [7, 11) is 0. The van der Waals surface area contributed by atoms with Crippen LogP contribution in [0.15, 0.2) is 60.5 Å². The summed E-state index contributed by atoms with van der Waals surface area (Å²) in [6, 6.07) is 6.75. The molecule has 1 aromatic carbocycles. The average molecular weight is 436 g/mol. The number of thioether (sulfide) groups is 1. The predicted molar refractivity (Wildman–Crippen MR) is 102 cm³/mol. The summed E-state index contributed by atoms with van der Waals surface area (Å²) in [5.41, 5.74) is 0.916. The van der Waals surface area contributed by atoms with E-state index in [1.807, 2.05) is 0 Å². The lowest BCUT2D eigenvalue weighted by Gasteiger charge is -2.10. The number of ether oxygens (including phenoxy) is 1. The fourth-order valence-electron chi connectivity index (χ4n) is 2.35. The molecule has 0 unspecified atom stereocenters. The van der Waals surface area contributed by atoms with Gasteiger partial charge in [-0.15, -0.1) is 24.8 Å². The van der Waals surface area contributed by atoms with E-state index in [9.17, 15) is 18.0 Å². The number of amides is 1. The molecule has 30 heavy (non-hydrogen) atoms. The highest BCUT2D eigenvalue weighted by Crippen LogP contribution is 2.26. The molecule has 0 aliphatic carbocycles. The first kappa shape index (κ1) is 21.3. The normalized spacial score (nSPS) is 11.2. The number of aromatic nitrogens is 5. The second-order valence-electron chi connectivity index (χ2n) is 5.66. The molecule has 156 valence electrons. The minimum absolute atomic E-state index is 0.0795. The Labute approximate surface area is 173 Å². The minimum atomic E-state index is -4.79. The Balaban J connectivity index is 1.90. The van der Waals surface area contributed by atoms with Crippen LogP contribution in [0.5, 0.6) is 5.75 Å². The molecule has 0 atom stereocenters. The fourth-order valence-corrected chi connectivity index (χ4v) is 3.14. The maximum Gasteiger partial charge on any atom is 0.573 e. The number of benzene rings is 1. The number of carbonyl (C=O) groups is 1. The number of carbonyl (C=O) groups excluding carboxylic acids is 1. The zero-order valence-corrected chi connectivity index (χ0v) is 16.2. The standard InChI is InChI=1S/C18H15F3N6O2S/c1-2-8-22-16(28)15-14(11-30-17-23-9-3-10-24-17)27(26-25-15)12-4-6-13(7-5-12)29-18(19,20)21/h2-7,9-10H,1,8,11H2,(H,22,28). The average Bonchev–Trinajstić information content (AvgIpc) is 3.14. The monoisotopic (exact) mass is 436 g/mol. The lowest BCUT2D eigenvalue weighted by atomic mass is 10.2. The van der Waals surface area contributed by atoms with Crippen molar-refractivity contribution < 1.29 is 22.7 Å². The van der Waals surface area contributed by atoms with Gasteiger partial charge in [0.25, 0.3) is 5.91 Å². The van der Waals surface area contributed by atoms with E-state index in [0.717, 1.165) is 12.1 Å². The van der Waals surface area contributed by atoms with Crippen LogP contribution in [0.3, 0.4) is 0 Å². The van der Waals surface area contributed by atoms with E-state index in [1.54, 1.807) is 18.5 Å². The van der Waals surface area contributed by atoms with Gasteiger partial charge >= 0.3 is 6.36 Å². The molecule has 0 saturated carbocycles. The first-order valence-electron chi connectivity index (χ1n) is 8.47. The summed E-state index contributed by atoms with van der Waals surface area (Å²) in [5, 5.41) is 11.0. The molecular weight excluding hydrogens is 421 g/mol. The predicted octanol–water partition coefficient (Wildman–Crippen LogP) is 3.16. The molecule has 0 aliphatic rings. The molecule has 0 radical (unpaired) electrons. The number of rotatable bonds is 8. The van der Waals surface area contributed by atoms with E-state index in [2.05, 4.69) is 36.9 Å². The van der Waals surface area contributed by atoms with E-state index in [1.165, 1.54) is 34.7 Å². The second-order valence-corrected chi connectivity index (χ2v) is 6.60. The van der Waals surface area contributed by atoms with Gasteiger partial charge in [0.15, 0.2) is 10.9 Å². The van der Waals surface area contributed by atoms with Crippen LogP contribution in [-0.2, 0) is 5.75 Å². The molecule has 1 N–H and O–H groups in total. The van der Waals surface area contributed by atoms with E-state index >= 15 is 0 Å². The van der Waals surface area contributed by atoms with Gasteiger partial charge in [-0.25, -0.2) is 14.6 Å². The summed E-state index contributed by atoms with van der Waals surface area (Å²) in [6.07, 6.45) is -0.0967. The van der Waals surface area contributed by atoms with Gasteiger partial charge in [0.1, 0.15) is 5.75 Å². The van der Waals surface area contributed by atoms with Crippen molar-refractivity contribution in [2.24, 2.45) is 0 Å². The lowest BCUT2D eigenvalue weighted by molar-refractivity contribution is -0.274. The van der Waals surface area contributed by atoms with E-state index < -0.39 is 12.3 Å². The number of nitrogens with one attached hydrogen (secondary N) is 1. The van der Waals surface area contributed by atoms with Crippen molar-refractivity contribution in [2.75, 3.05) is 6.54 Å². The number of hydrogen-bond acceptors (Lipinski definition) is 7. The van der Waals surface area contributed by atoms with E-state index in [4.69, 9.17) is 0 Å². The van der Waals surface area contributed by atoms with Crippen LogP contribution in [0.1, 0.15) is 16.2 Å². The summed E-state index contributed by atoms with van der Waals surface area (Å²) in [4.78, 5) is 20.7. The Morgan fingerprint density at radius 3 is 2.57 bits per heavy atom. The molecule has 12 heteroatoms. The molecule has 0 fully saturated rings. The molecule has 2 aromatic heterocycles. The highest BCUT2D eigenvalue weighted by molar-refractivity contribution is 7.98. The van der Waals surface area contributed by atoms with Gasteiger partial charge in [0, 0.05) is 24.7 Å². The Hall–Kier alpha value is -3.41. The topological polar surface area (TPSA) is 94.8 Å². The fraction of sp³-hybridized carbons (Fsp3) is 0.167. The highest BCUT2D eigenvalue weighted by atomic mass is 32.2. The van der Waals surface area contributed by atoms with Crippen LogP contribution in [0.4, 0.5) is 13.2 Å². The smallest absolute Gasteiger partial charge is 0.406 e. The van der Waals surface area contributed by atoms with E-state index in [-0.39, 0.29) is 23.7 Å². The molecule has 8 nitrogen and oxygen atoms in total. The molecule has 0 spiro atoms. The molecule has 1 amide bonds. The quantitative estimate of drug-likeness (QED) is 0.329. The zero-order valence-electron chi connectivity index (χ0n) is 15.3. The SMILES string of the molecule is C=CCNC(=O)c1nnn(-c2ccc(OC(F)(F)F)cc2)c1CSc1ncccn1. The van der Waals surface area contributed by atoms with Crippen molar-refractivity contribution in [3.05, 3.63) is 66.8 Å². The Kier molecular flexibility index (Phi) is 6.67. The van der Waals surface area contributed by atoms with Crippen molar-refractivity contribution in [3.8, 4) is 11.4 Å². The van der Waals surface area contributed by atoms with Crippen molar-refractivity contribution in [1.29, 1.82) is 0 Å². The van der Waals surface area contributed by atoms with Crippen molar-refractivity contribution in [2.45, 2.75) is 17.3 Å². The first-order chi connectivity index (χ1) is 14.4. The number of hydrogen-bond donors (Lipinski definition) is 1. The van der Waals surface area contributed by atoms with E-state index in [0.29, 0.717) is 16.5 Å². The summed E-state index contributed by atoms with van der Waals surface area (Å²) < 4.78 is 42.4. The molecule has 0 saturated heterocycles. The van der Waals surface area contributed by atoms with Crippen LogP contribution in [0.25, 0.3) is 5.69 Å². The van der Waals surface area contributed by atoms with Crippen LogP contribution in [-0.4, -0.2) is 43.8 Å². The minimum Gasteiger partial charge on any atom is -0.406 e. The zero-order chi connectivity index (χ0) is 21.6. The van der Waals surface area contributed by atoms with Gasteiger partial charge in [0.2, 0.25) is 0 Å². The third-order valence-corrected chi connectivity index (χ3v) is 4.47. The van der Waals surface area contributed by atoms with Crippen molar-refractivity contribution in [1.82, 2.24) is 30.3 Å². The largest absolute Gasteiger partial charge is 0.573 e. The van der Waals surface area contributed by atoms with Crippen LogP contribution >= 0.6 is 11.8 Å².